The average Bonchev–Trinajstić information content (AvgIpc) is 2.80. The summed E-state index contributed by atoms with van der Waals surface area (Å²) >= 11 is 0. The first-order chi connectivity index (χ1) is 5.78. The monoisotopic (exact) mass is 168 g/mol. The number of Topliss-reactive ketones (excluding diaryl/α,β-unsaturated/α-hetero) is 1. The summed E-state index contributed by atoms with van der Waals surface area (Å²) in [6.07, 6.45) is 4.09. The molecule has 2 fully saturated rings. The Labute approximate surface area is 73.3 Å². The molecule has 12 heavy (non-hydrogen) atoms. The van der Waals surface area contributed by atoms with Gasteiger partial charge in [0, 0.05) is 25.6 Å². The van der Waals surface area contributed by atoms with Crippen LogP contribution in [0.25, 0.3) is 0 Å². The number of carbonyl (C=O) groups excluding carboxylic acids is 1. The molecule has 0 aromatic rings. The van der Waals surface area contributed by atoms with Crippen LogP contribution in [0.5, 0.6) is 0 Å². The first-order valence-electron chi connectivity index (χ1n) is 4.89. The number of ketones is 1. The van der Waals surface area contributed by atoms with Crippen LogP contribution in [-0.2, 0) is 9.53 Å². The van der Waals surface area contributed by atoms with Gasteiger partial charge in [0.05, 0.1) is 0 Å². The van der Waals surface area contributed by atoms with Gasteiger partial charge in [-0.15, -0.1) is 0 Å². The van der Waals surface area contributed by atoms with Crippen molar-refractivity contribution in [2.45, 2.75) is 32.6 Å². The van der Waals surface area contributed by atoms with Gasteiger partial charge in [-0.05, 0) is 24.7 Å². The molecule has 0 amide bonds. The van der Waals surface area contributed by atoms with E-state index in [1.165, 1.54) is 0 Å². The summed E-state index contributed by atoms with van der Waals surface area (Å²) in [7, 11) is 0. The maximum Gasteiger partial charge on any atom is 0.136 e. The predicted molar refractivity (Wildman–Crippen MR) is 45.9 cm³/mol. The van der Waals surface area contributed by atoms with Gasteiger partial charge in [0.2, 0.25) is 0 Å². The number of ether oxygens (including phenoxy) is 1. The van der Waals surface area contributed by atoms with Crippen molar-refractivity contribution in [3.8, 4) is 0 Å². The highest BCUT2D eigenvalue weighted by Crippen LogP contribution is 2.59. The lowest BCUT2D eigenvalue weighted by Gasteiger charge is -2.22. The molecule has 68 valence electrons. The Hall–Kier alpha value is -0.370. The topological polar surface area (TPSA) is 26.3 Å². The van der Waals surface area contributed by atoms with Gasteiger partial charge in [-0.25, -0.2) is 0 Å². The highest BCUT2D eigenvalue weighted by Gasteiger charge is 2.56. The summed E-state index contributed by atoms with van der Waals surface area (Å²) in [5, 5.41) is 0. The second-order valence-electron chi connectivity index (χ2n) is 4.05. The van der Waals surface area contributed by atoms with Crippen LogP contribution in [0.1, 0.15) is 32.6 Å². The van der Waals surface area contributed by atoms with Gasteiger partial charge in [-0.2, -0.15) is 0 Å². The average molecular weight is 168 g/mol. The van der Waals surface area contributed by atoms with Crippen LogP contribution in [0.2, 0.25) is 0 Å². The van der Waals surface area contributed by atoms with E-state index >= 15 is 0 Å². The van der Waals surface area contributed by atoms with Crippen molar-refractivity contribution in [2.75, 3.05) is 13.2 Å². The van der Waals surface area contributed by atoms with E-state index < -0.39 is 0 Å². The first kappa shape index (κ1) is 8.24. The van der Waals surface area contributed by atoms with Crippen molar-refractivity contribution in [1.29, 1.82) is 0 Å². The van der Waals surface area contributed by atoms with Gasteiger partial charge in [0.25, 0.3) is 0 Å². The van der Waals surface area contributed by atoms with Crippen LogP contribution in [0.4, 0.5) is 0 Å². The molecule has 0 aromatic carbocycles. The lowest BCUT2D eigenvalue weighted by atomic mass is 9.92. The molecule has 2 heteroatoms. The molecule has 1 saturated carbocycles. The summed E-state index contributed by atoms with van der Waals surface area (Å²) in [6, 6.07) is 0. The van der Waals surface area contributed by atoms with E-state index in [9.17, 15) is 4.79 Å². The Morgan fingerprint density at radius 3 is 2.75 bits per heavy atom. The third-order valence-electron chi connectivity index (χ3n) is 3.42. The molecule has 1 atom stereocenters. The highest BCUT2D eigenvalue weighted by molar-refractivity contribution is 5.84. The molecule has 1 unspecified atom stereocenters. The summed E-state index contributed by atoms with van der Waals surface area (Å²) in [5.41, 5.74) is 0.394. The van der Waals surface area contributed by atoms with Crippen molar-refractivity contribution < 1.29 is 9.53 Å². The summed E-state index contributed by atoms with van der Waals surface area (Å²) < 4.78 is 5.30. The minimum atomic E-state index is 0.394. The molecule has 0 radical (unpaired) electrons. The molecule has 0 N–H and O–H groups in total. The van der Waals surface area contributed by atoms with E-state index in [-0.39, 0.29) is 0 Å². The summed E-state index contributed by atoms with van der Waals surface area (Å²) in [5.74, 6) is 0.864. The lowest BCUT2D eigenvalue weighted by molar-refractivity contribution is -0.121. The second kappa shape index (κ2) is 2.84. The van der Waals surface area contributed by atoms with Crippen LogP contribution < -0.4 is 0 Å². The largest absolute Gasteiger partial charge is 0.381 e. The van der Waals surface area contributed by atoms with E-state index in [4.69, 9.17) is 4.74 Å². The molecule has 2 rings (SSSR count). The van der Waals surface area contributed by atoms with Crippen molar-refractivity contribution in [3.05, 3.63) is 0 Å². The molecule has 2 nitrogen and oxygen atoms in total. The van der Waals surface area contributed by atoms with E-state index in [0.29, 0.717) is 23.5 Å². The molecular formula is C10H16O2. The van der Waals surface area contributed by atoms with Crippen molar-refractivity contribution >= 4 is 5.78 Å². The van der Waals surface area contributed by atoms with E-state index in [1.54, 1.807) is 0 Å². The normalized spacial score (nSPS) is 31.9. The van der Waals surface area contributed by atoms with E-state index in [2.05, 4.69) is 0 Å². The maximum atomic E-state index is 11.4. The fourth-order valence-corrected chi connectivity index (χ4v) is 2.38. The number of carbonyl (C=O) groups is 1. The fourth-order valence-electron chi connectivity index (χ4n) is 2.38. The minimum Gasteiger partial charge on any atom is -0.381 e. The van der Waals surface area contributed by atoms with Gasteiger partial charge < -0.3 is 4.74 Å². The number of hydrogen-bond acceptors (Lipinski definition) is 2. The molecule has 1 aliphatic carbocycles. The number of hydrogen-bond donors (Lipinski definition) is 0. The number of rotatable bonds is 2. The summed E-state index contributed by atoms with van der Waals surface area (Å²) in [4.78, 5) is 11.4. The SMILES string of the molecule is CCC(=O)C1CC12CCOCC2. The van der Waals surface area contributed by atoms with Gasteiger partial charge in [-0.1, -0.05) is 6.92 Å². The zero-order valence-corrected chi connectivity index (χ0v) is 7.64. The molecule has 1 heterocycles. The Morgan fingerprint density at radius 1 is 1.50 bits per heavy atom. The smallest absolute Gasteiger partial charge is 0.136 e. The van der Waals surface area contributed by atoms with Crippen LogP contribution in [0, 0.1) is 11.3 Å². The second-order valence-corrected chi connectivity index (χ2v) is 4.05. The van der Waals surface area contributed by atoms with E-state index in [0.717, 1.165) is 32.5 Å². The first-order valence-corrected chi connectivity index (χ1v) is 4.89. The van der Waals surface area contributed by atoms with E-state index in [1.807, 2.05) is 6.92 Å². The Balaban J connectivity index is 1.95. The van der Waals surface area contributed by atoms with Gasteiger partial charge in [0.15, 0.2) is 0 Å². The van der Waals surface area contributed by atoms with Crippen LogP contribution >= 0.6 is 0 Å². The van der Waals surface area contributed by atoms with Gasteiger partial charge >= 0.3 is 0 Å². The zero-order valence-electron chi connectivity index (χ0n) is 7.64. The van der Waals surface area contributed by atoms with Crippen LogP contribution in [0.3, 0.4) is 0 Å². The third-order valence-corrected chi connectivity index (χ3v) is 3.42. The maximum absolute atomic E-state index is 11.4. The Kier molecular flexibility index (Phi) is 1.95. The molecule has 1 saturated heterocycles. The highest BCUT2D eigenvalue weighted by atomic mass is 16.5. The fraction of sp³-hybridized carbons (Fsp3) is 0.900. The minimum absolute atomic E-state index is 0.394. The van der Waals surface area contributed by atoms with Crippen molar-refractivity contribution in [3.63, 3.8) is 0 Å². The molecule has 1 aliphatic heterocycles. The quantitative estimate of drug-likeness (QED) is 0.628. The van der Waals surface area contributed by atoms with Crippen molar-refractivity contribution in [2.24, 2.45) is 11.3 Å². The molecule has 0 aromatic heterocycles. The van der Waals surface area contributed by atoms with Gasteiger partial charge in [-0.3, -0.25) is 4.79 Å². The van der Waals surface area contributed by atoms with Crippen molar-refractivity contribution in [1.82, 2.24) is 0 Å². The Morgan fingerprint density at radius 2 is 2.17 bits per heavy atom. The van der Waals surface area contributed by atoms with Crippen LogP contribution in [0.15, 0.2) is 0 Å². The molecule has 0 bridgehead atoms. The standard InChI is InChI=1S/C10H16O2/c1-2-9(11)8-7-10(8)3-5-12-6-4-10/h8H,2-7H2,1H3. The predicted octanol–water partition coefficient (Wildman–Crippen LogP) is 1.78. The molecule has 2 aliphatic rings. The third kappa shape index (κ3) is 1.18. The molecular weight excluding hydrogens is 152 g/mol. The summed E-state index contributed by atoms with van der Waals surface area (Å²) in [6.45, 7) is 3.70. The zero-order chi connectivity index (χ0) is 8.60. The van der Waals surface area contributed by atoms with Crippen LogP contribution in [-0.4, -0.2) is 19.0 Å². The Bertz CT molecular complexity index is 192. The lowest BCUT2D eigenvalue weighted by Crippen LogP contribution is -2.20. The van der Waals surface area contributed by atoms with Gasteiger partial charge in [0.1, 0.15) is 5.78 Å². The molecule has 1 spiro atoms.